The lowest BCUT2D eigenvalue weighted by atomic mass is 10.2. The Morgan fingerprint density at radius 3 is 2.56 bits per heavy atom. The van der Waals surface area contributed by atoms with Gasteiger partial charge in [-0.25, -0.2) is 8.42 Å². The quantitative estimate of drug-likeness (QED) is 0.597. The molecule has 184 valence electrons. The molecular weight excluding hydrogens is 464 g/mol. The van der Waals surface area contributed by atoms with Gasteiger partial charge in [-0.05, 0) is 38.1 Å². The number of anilines is 1. The van der Waals surface area contributed by atoms with Gasteiger partial charge in [0, 0.05) is 25.2 Å². The van der Waals surface area contributed by atoms with Gasteiger partial charge < -0.3 is 28.6 Å². The number of nitrogens with zero attached hydrogens (tertiary/aromatic N) is 1. The minimum absolute atomic E-state index is 0.00892. The standard InChI is InChI=1S/C23H28N2O8S/c1-3-30-16-5-7-19(31-4-2)18(13-16)24-34(27,28)17-6-8-20-21(14-17)32-15-22(33-20)23(26)25-9-11-29-12-10-25/h5-8,13-14,22,24H,3-4,9-12,15H2,1-2H3/t22-/m0/s1. The van der Waals surface area contributed by atoms with E-state index in [9.17, 15) is 13.2 Å². The van der Waals surface area contributed by atoms with Crippen molar-refractivity contribution in [1.82, 2.24) is 4.90 Å². The first-order valence-corrected chi connectivity index (χ1v) is 12.6. The molecule has 1 atom stereocenters. The number of fused-ring (bicyclic) bond motifs is 1. The number of ether oxygens (including phenoxy) is 5. The van der Waals surface area contributed by atoms with Crippen LogP contribution in [-0.4, -0.2) is 71.5 Å². The van der Waals surface area contributed by atoms with E-state index in [1.807, 2.05) is 13.8 Å². The third-order valence-corrected chi connectivity index (χ3v) is 6.65. The van der Waals surface area contributed by atoms with E-state index < -0.39 is 16.1 Å². The van der Waals surface area contributed by atoms with Gasteiger partial charge in [0.05, 0.1) is 37.0 Å². The van der Waals surface area contributed by atoms with Crippen molar-refractivity contribution in [2.45, 2.75) is 24.8 Å². The lowest BCUT2D eigenvalue weighted by molar-refractivity contribution is -0.145. The summed E-state index contributed by atoms with van der Waals surface area (Å²) in [6, 6.07) is 9.21. The zero-order valence-corrected chi connectivity index (χ0v) is 19.9. The normalized spacial score (nSPS) is 17.7. The molecule has 2 aromatic rings. The van der Waals surface area contributed by atoms with Gasteiger partial charge in [-0.3, -0.25) is 9.52 Å². The number of benzene rings is 2. The summed E-state index contributed by atoms with van der Waals surface area (Å²) >= 11 is 0. The van der Waals surface area contributed by atoms with Gasteiger partial charge in [-0.1, -0.05) is 0 Å². The van der Waals surface area contributed by atoms with E-state index in [0.29, 0.717) is 56.8 Å². The smallest absolute Gasteiger partial charge is 0.267 e. The summed E-state index contributed by atoms with van der Waals surface area (Å²) in [4.78, 5) is 14.4. The maximum absolute atomic E-state index is 13.1. The first-order valence-electron chi connectivity index (χ1n) is 11.1. The molecule has 0 unspecified atom stereocenters. The molecule has 2 aliphatic rings. The number of amides is 1. The van der Waals surface area contributed by atoms with Crippen LogP contribution in [0.15, 0.2) is 41.3 Å². The van der Waals surface area contributed by atoms with E-state index in [2.05, 4.69) is 4.72 Å². The molecule has 0 saturated carbocycles. The number of nitrogens with one attached hydrogen (secondary N) is 1. The second kappa shape index (κ2) is 10.4. The highest BCUT2D eigenvalue weighted by Gasteiger charge is 2.32. The first-order chi connectivity index (χ1) is 16.4. The van der Waals surface area contributed by atoms with E-state index in [1.54, 1.807) is 23.1 Å². The Morgan fingerprint density at radius 1 is 1.06 bits per heavy atom. The molecule has 4 rings (SSSR count). The summed E-state index contributed by atoms with van der Waals surface area (Å²) in [5.74, 6) is 1.29. The monoisotopic (exact) mass is 492 g/mol. The van der Waals surface area contributed by atoms with Crippen LogP contribution in [0.4, 0.5) is 5.69 Å². The van der Waals surface area contributed by atoms with Gasteiger partial charge in [-0.15, -0.1) is 0 Å². The molecule has 2 heterocycles. The highest BCUT2D eigenvalue weighted by atomic mass is 32.2. The Morgan fingerprint density at radius 2 is 1.82 bits per heavy atom. The number of morpholine rings is 1. The van der Waals surface area contributed by atoms with E-state index in [0.717, 1.165) is 0 Å². The van der Waals surface area contributed by atoms with Crippen molar-refractivity contribution in [1.29, 1.82) is 0 Å². The van der Waals surface area contributed by atoms with E-state index in [-0.39, 0.29) is 28.8 Å². The predicted octanol–water partition coefficient (Wildman–Crippen LogP) is 2.28. The fourth-order valence-corrected chi connectivity index (χ4v) is 4.73. The Bertz CT molecular complexity index is 1130. The van der Waals surface area contributed by atoms with Gasteiger partial charge in [0.25, 0.3) is 15.9 Å². The summed E-state index contributed by atoms with van der Waals surface area (Å²) in [6.45, 7) is 6.44. The molecule has 1 N–H and O–H groups in total. The first kappa shape index (κ1) is 24.0. The fraction of sp³-hybridized carbons (Fsp3) is 0.435. The molecule has 0 bridgehead atoms. The van der Waals surface area contributed by atoms with Gasteiger partial charge in [0.1, 0.15) is 18.1 Å². The molecule has 0 aromatic heterocycles. The SMILES string of the molecule is CCOc1ccc(OCC)c(NS(=O)(=O)c2ccc3c(c2)OC[C@@H](C(=O)N2CCOCC2)O3)c1. The number of carbonyl (C=O) groups excluding carboxylic acids is 1. The van der Waals surface area contributed by atoms with Gasteiger partial charge in [0.2, 0.25) is 6.10 Å². The van der Waals surface area contributed by atoms with Crippen LogP contribution in [0, 0.1) is 0 Å². The maximum atomic E-state index is 13.1. The molecule has 0 radical (unpaired) electrons. The average Bonchev–Trinajstić information content (AvgIpc) is 2.85. The number of rotatable bonds is 8. The molecule has 10 nitrogen and oxygen atoms in total. The van der Waals surface area contributed by atoms with Crippen LogP contribution in [0.1, 0.15) is 13.8 Å². The predicted molar refractivity (Wildman–Crippen MR) is 123 cm³/mol. The zero-order chi connectivity index (χ0) is 24.1. The van der Waals surface area contributed by atoms with Crippen LogP contribution in [0.25, 0.3) is 0 Å². The van der Waals surface area contributed by atoms with Crippen LogP contribution >= 0.6 is 0 Å². The van der Waals surface area contributed by atoms with Crippen LogP contribution in [0.2, 0.25) is 0 Å². The number of hydrogen-bond donors (Lipinski definition) is 1. The van der Waals surface area contributed by atoms with Crippen LogP contribution < -0.4 is 23.7 Å². The molecule has 11 heteroatoms. The minimum atomic E-state index is -3.98. The molecule has 2 aliphatic heterocycles. The largest absolute Gasteiger partial charge is 0.494 e. The molecule has 0 aliphatic carbocycles. The maximum Gasteiger partial charge on any atom is 0.267 e. The fourth-order valence-electron chi connectivity index (χ4n) is 3.66. The number of hydrogen-bond acceptors (Lipinski definition) is 8. The number of carbonyl (C=O) groups is 1. The van der Waals surface area contributed by atoms with Gasteiger partial charge in [0.15, 0.2) is 11.5 Å². The van der Waals surface area contributed by atoms with Crippen LogP contribution in [0.3, 0.4) is 0 Å². The van der Waals surface area contributed by atoms with E-state index >= 15 is 0 Å². The molecular formula is C23H28N2O8S. The highest BCUT2D eigenvalue weighted by Crippen LogP contribution is 2.36. The van der Waals surface area contributed by atoms with Crippen molar-refractivity contribution in [2.24, 2.45) is 0 Å². The highest BCUT2D eigenvalue weighted by molar-refractivity contribution is 7.92. The third-order valence-electron chi connectivity index (χ3n) is 5.29. The topological polar surface area (TPSA) is 113 Å². The van der Waals surface area contributed by atoms with Crippen molar-refractivity contribution in [3.05, 3.63) is 36.4 Å². The van der Waals surface area contributed by atoms with E-state index in [4.69, 9.17) is 23.7 Å². The van der Waals surface area contributed by atoms with Crippen molar-refractivity contribution in [2.75, 3.05) is 50.8 Å². The summed E-state index contributed by atoms with van der Waals surface area (Å²) in [7, 11) is -3.98. The Balaban J connectivity index is 1.51. The van der Waals surface area contributed by atoms with Crippen molar-refractivity contribution in [3.8, 4) is 23.0 Å². The van der Waals surface area contributed by atoms with E-state index in [1.165, 1.54) is 18.2 Å². The van der Waals surface area contributed by atoms with Crippen molar-refractivity contribution >= 4 is 21.6 Å². The van der Waals surface area contributed by atoms with Crippen LogP contribution in [-0.2, 0) is 19.6 Å². The Labute approximate surface area is 198 Å². The zero-order valence-electron chi connectivity index (χ0n) is 19.1. The molecule has 34 heavy (non-hydrogen) atoms. The Hall–Kier alpha value is -3.18. The van der Waals surface area contributed by atoms with Gasteiger partial charge >= 0.3 is 0 Å². The summed E-state index contributed by atoms with van der Waals surface area (Å²) in [5.41, 5.74) is 0.263. The second-order valence-corrected chi connectivity index (χ2v) is 9.28. The minimum Gasteiger partial charge on any atom is -0.494 e. The lowest BCUT2D eigenvalue weighted by Gasteiger charge is -2.32. The molecule has 2 aromatic carbocycles. The number of sulfonamides is 1. The van der Waals surface area contributed by atoms with Crippen molar-refractivity contribution < 1.29 is 36.9 Å². The second-order valence-electron chi connectivity index (χ2n) is 7.59. The van der Waals surface area contributed by atoms with Crippen LogP contribution in [0.5, 0.6) is 23.0 Å². The summed E-state index contributed by atoms with van der Waals surface area (Å²) in [5, 5.41) is 0. The molecule has 0 spiro atoms. The van der Waals surface area contributed by atoms with Gasteiger partial charge in [-0.2, -0.15) is 0 Å². The third kappa shape index (κ3) is 5.31. The molecule has 1 fully saturated rings. The summed E-state index contributed by atoms with van der Waals surface area (Å²) < 4.78 is 56.6. The molecule has 1 saturated heterocycles. The Kier molecular flexibility index (Phi) is 7.32. The lowest BCUT2D eigenvalue weighted by Crippen LogP contribution is -2.50. The average molecular weight is 493 g/mol. The molecule has 1 amide bonds. The summed E-state index contributed by atoms with van der Waals surface area (Å²) in [6.07, 6.45) is -0.791. The van der Waals surface area contributed by atoms with Crippen molar-refractivity contribution in [3.63, 3.8) is 0 Å².